The molecule has 0 bridgehead atoms. The Morgan fingerprint density at radius 1 is 1.71 bits per heavy atom. The van der Waals surface area contributed by atoms with E-state index in [1.807, 2.05) is 11.8 Å². The molecule has 0 amide bonds. The SMILES string of the molecule is C=C(C)CNC1(CN)CCCSC1C. The third-order valence-electron chi connectivity index (χ3n) is 3.02. The van der Waals surface area contributed by atoms with Crippen molar-refractivity contribution in [3.63, 3.8) is 0 Å². The zero-order valence-corrected chi connectivity index (χ0v) is 10.1. The normalized spacial score (nSPS) is 32.9. The van der Waals surface area contributed by atoms with Crippen LogP contribution in [-0.2, 0) is 0 Å². The van der Waals surface area contributed by atoms with E-state index in [0.717, 1.165) is 13.1 Å². The van der Waals surface area contributed by atoms with Crippen LogP contribution in [-0.4, -0.2) is 29.6 Å². The van der Waals surface area contributed by atoms with Crippen LogP contribution < -0.4 is 11.1 Å². The second-order valence-corrected chi connectivity index (χ2v) is 5.74. The van der Waals surface area contributed by atoms with Crippen LogP contribution in [0, 0.1) is 0 Å². The molecule has 2 nitrogen and oxygen atoms in total. The molecule has 0 aromatic heterocycles. The predicted octanol–water partition coefficient (Wildman–Crippen LogP) is 1.77. The second-order valence-electron chi connectivity index (χ2n) is 4.29. The molecule has 1 heterocycles. The van der Waals surface area contributed by atoms with Crippen LogP contribution in [0.1, 0.15) is 26.7 Å². The van der Waals surface area contributed by atoms with Crippen LogP contribution in [0.2, 0.25) is 0 Å². The average Bonchev–Trinajstić information content (AvgIpc) is 2.17. The van der Waals surface area contributed by atoms with E-state index < -0.39 is 0 Å². The molecule has 1 saturated heterocycles. The molecule has 3 N–H and O–H groups in total. The Hall–Kier alpha value is 0.0100. The summed E-state index contributed by atoms with van der Waals surface area (Å²) in [6, 6.07) is 0. The largest absolute Gasteiger partial charge is 0.329 e. The third-order valence-corrected chi connectivity index (χ3v) is 4.50. The lowest BCUT2D eigenvalue weighted by molar-refractivity contribution is 0.307. The molecule has 2 unspecified atom stereocenters. The summed E-state index contributed by atoms with van der Waals surface area (Å²) in [5.74, 6) is 1.28. The third kappa shape index (κ3) is 2.75. The Balaban J connectivity index is 2.58. The first-order valence-corrected chi connectivity index (χ1v) is 6.37. The minimum absolute atomic E-state index is 0.141. The van der Waals surface area contributed by atoms with Gasteiger partial charge < -0.3 is 11.1 Å². The molecule has 2 atom stereocenters. The van der Waals surface area contributed by atoms with E-state index >= 15 is 0 Å². The fourth-order valence-corrected chi connectivity index (χ4v) is 3.19. The number of thioether (sulfide) groups is 1. The van der Waals surface area contributed by atoms with E-state index in [0.29, 0.717) is 5.25 Å². The van der Waals surface area contributed by atoms with Gasteiger partial charge in [0.15, 0.2) is 0 Å². The number of hydrogen-bond donors (Lipinski definition) is 2. The lowest BCUT2D eigenvalue weighted by atomic mass is 9.89. The van der Waals surface area contributed by atoms with Gasteiger partial charge in [-0.3, -0.25) is 0 Å². The van der Waals surface area contributed by atoms with E-state index in [1.54, 1.807) is 0 Å². The van der Waals surface area contributed by atoms with Crippen molar-refractivity contribution in [3.8, 4) is 0 Å². The summed E-state index contributed by atoms with van der Waals surface area (Å²) in [7, 11) is 0. The fourth-order valence-electron chi connectivity index (χ4n) is 1.91. The first kappa shape index (κ1) is 12.1. The molecular weight excluding hydrogens is 192 g/mol. The lowest BCUT2D eigenvalue weighted by Crippen LogP contribution is -2.59. The molecule has 14 heavy (non-hydrogen) atoms. The Labute approximate surface area is 91.7 Å². The quantitative estimate of drug-likeness (QED) is 0.700. The van der Waals surface area contributed by atoms with Gasteiger partial charge >= 0.3 is 0 Å². The van der Waals surface area contributed by atoms with Crippen LogP contribution in [0.25, 0.3) is 0 Å². The maximum Gasteiger partial charge on any atom is 0.0424 e. The molecule has 1 fully saturated rings. The van der Waals surface area contributed by atoms with E-state index in [1.165, 1.54) is 24.2 Å². The molecular formula is C11H22N2S. The minimum atomic E-state index is 0.141. The molecule has 1 aliphatic rings. The van der Waals surface area contributed by atoms with Gasteiger partial charge in [-0.1, -0.05) is 19.1 Å². The van der Waals surface area contributed by atoms with E-state index in [9.17, 15) is 0 Å². The zero-order valence-electron chi connectivity index (χ0n) is 9.31. The van der Waals surface area contributed by atoms with Crippen molar-refractivity contribution in [1.29, 1.82) is 0 Å². The summed E-state index contributed by atoms with van der Waals surface area (Å²) >= 11 is 2.03. The van der Waals surface area contributed by atoms with Gasteiger partial charge in [0.1, 0.15) is 0 Å². The monoisotopic (exact) mass is 214 g/mol. The smallest absolute Gasteiger partial charge is 0.0424 e. The highest BCUT2D eigenvalue weighted by atomic mass is 32.2. The van der Waals surface area contributed by atoms with Gasteiger partial charge in [-0.05, 0) is 25.5 Å². The van der Waals surface area contributed by atoms with Crippen LogP contribution in [0.15, 0.2) is 12.2 Å². The Kier molecular flexibility index (Phi) is 4.48. The van der Waals surface area contributed by atoms with Gasteiger partial charge in [0.2, 0.25) is 0 Å². The Morgan fingerprint density at radius 3 is 2.93 bits per heavy atom. The van der Waals surface area contributed by atoms with Crippen molar-refractivity contribution < 1.29 is 0 Å². The van der Waals surface area contributed by atoms with Crippen molar-refractivity contribution in [1.82, 2.24) is 5.32 Å². The van der Waals surface area contributed by atoms with Crippen LogP contribution in [0.3, 0.4) is 0 Å². The van der Waals surface area contributed by atoms with Gasteiger partial charge in [0.05, 0.1) is 0 Å². The van der Waals surface area contributed by atoms with Crippen molar-refractivity contribution >= 4 is 11.8 Å². The van der Waals surface area contributed by atoms with Gasteiger partial charge in [-0.2, -0.15) is 11.8 Å². The van der Waals surface area contributed by atoms with Gasteiger partial charge in [0, 0.05) is 23.9 Å². The van der Waals surface area contributed by atoms with E-state index in [2.05, 4.69) is 25.7 Å². The topological polar surface area (TPSA) is 38.0 Å². The maximum atomic E-state index is 5.91. The van der Waals surface area contributed by atoms with E-state index in [-0.39, 0.29) is 5.54 Å². The first-order valence-electron chi connectivity index (χ1n) is 5.32. The summed E-state index contributed by atoms with van der Waals surface area (Å²) in [4.78, 5) is 0. The molecule has 0 radical (unpaired) electrons. The number of nitrogens with one attached hydrogen (secondary N) is 1. The standard InChI is InChI=1S/C11H22N2S/c1-9(2)7-13-11(8-12)5-4-6-14-10(11)3/h10,13H,1,4-8,12H2,2-3H3. The van der Waals surface area contributed by atoms with Gasteiger partial charge in [-0.25, -0.2) is 0 Å². The number of hydrogen-bond acceptors (Lipinski definition) is 3. The van der Waals surface area contributed by atoms with Crippen molar-refractivity contribution in [3.05, 3.63) is 12.2 Å². The number of rotatable bonds is 4. The van der Waals surface area contributed by atoms with Crippen LogP contribution in [0.5, 0.6) is 0 Å². The van der Waals surface area contributed by atoms with Crippen molar-refractivity contribution in [2.24, 2.45) is 5.73 Å². The maximum absolute atomic E-state index is 5.91. The second kappa shape index (κ2) is 5.19. The number of nitrogens with two attached hydrogens (primary N) is 1. The average molecular weight is 214 g/mol. The molecule has 0 spiro atoms. The van der Waals surface area contributed by atoms with Gasteiger partial charge in [-0.15, -0.1) is 0 Å². The van der Waals surface area contributed by atoms with Gasteiger partial charge in [0.25, 0.3) is 0 Å². The summed E-state index contributed by atoms with van der Waals surface area (Å²) in [5.41, 5.74) is 7.23. The molecule has 1 aliphatic heterocycles. The molecule has 3 heteroatoms. The van der Waals surface area contributed by atoms with Crippen LogP contribution >= 0.6 is 11.8 Å². The summed E-state index contributed by atoms with van der Waals surface area (Å²) < 4.78 is 0. The summed E-state index contributed by atoms with van der Waals surface area (Å²) in [5, 5.41) is 4.20. The highest BCUT2D eigenvalue weighted by Gasteiger charge is 2.36. The van der Waals surface area contributed by atoms with Crippen molar-refractivity contribution in [2.75, 3.05) is 18.8 Å². The Bertz CT molecular complexity index is 205. The molecule has 0 saturated carbocycles. The minimum Gasteiger partial charge on any atom is -0.329 e. The first-order chi connectivity index (χ1) is 6.60. The Morgan fingerprint density at radius 2 is 2.43 bits per heavy atom. The highest BCUT2D eigenvalue weighted by Crippen LogP contribution is 2.33. The van der Waals surface area contributed by atoms with Crippen molar-refractivity contribution in [2.45, 2.75) is 37.5 Å². The summed E-state index contributed by atoms with van der Waals surface area (Å²) in [6.45, 7) is 9.87. The van der Waals surface area contributed by atoms with E-state index in [4.69, 9.17) is 5.73 Å². The molecule has 82 valence electrons. The molecule has 0 aromatic carbocycles. The summed E-state index contributed by atoms with van der Waals surface area (Å²) in [6.07, 6.45) is 2.47. The predicted molar refractivity (Wildman–Crippen MR) is 65.8 cm³/mol. The zero-order chi connectivity index (χ0) is 10.6. The molecule has 1 rings (SSSR count). The lowest BCUT2D eigenvalue weighted by Gasteiger charge is -2.42. The fraction of sp³-hybridized carbons (Fsp3) is 0.818. The molecule has 0 aromatic rings. The van der Waals surface area contributed by atoms with Crippen LogP contribution in [0.4, 0.5) is 0 Å². The highest BCUT2D eigenvalue weighted by molar-refractivity contribution is 8.00. The molecule has 0 aliphatic carbocycles.